The number of benzene rings is 1. The van der Waals surface area contributed by atoms with Gasteiger partial charge in [0.1, 0.15) is 23.8 Å². The van der Waals surface area contributed by atoms with Gasteiger partial charge in [0, 0.05) is 36.3 Å². The number of aromatic nitrogens is 2. The molecule has 1 fully saturated rings. The van der Waals surface area contributed by atoms with E-state index in [9.17, 15) is 4.79 Å². The maximum absolute atomic E-state index is 12.3. The fourth-order valence-electron chi connectivity index (χ4n) is 4.08. The van der Waals surface area contributed by atoms with Crippen molar-refractivity contribution in [2.24, 2.45) is 0 Å². The highest BCUT2D eigenvalue weighted by Gasteiger charge is 2.32. The fourth-order valence-corrected chi connectivity index (χ4v) is 4.08. The molecule has 1 aromatic heterocycles. The molecule has 2 aromatic rings. The molecule has 0 radical (unpaired) electrons. The van der Waals surface area contributed by atoms with Gasteiger partial charge in [-0.2, -0.15) is 5.10 Å². The van der Waals surface area contributed by atoms with Gasteiger partial charge in [0.2, 0.25) is 0 Å². The van der Waals surface area contributed by atoms with E-state index in [2.05, 4.69) is 11.2 Å². The van der Waals surface area contributed by atoms with Crippen molar-refractivity contribution in [2.45, 2.75) is 46.3 Å². The van der Waals surface area contributed by atoms with E-state index in [1.807, 2.05) is 42.8 Å². The van der Waals surface area contributed by atoms with E-state index >= 15 is 0 Å². The highest BCUT2D eigenvalue weighted by atomic mass is 16.5. The molecule has 1 saturated heterocycles. The van der Waals surface area contributed by atoms with Gasteiger partial charge in [0.05, 0.1) is 24.6 Å². The van der Waals surface area contributed by atoms with Crippen LogP contribution in [0.1, 0.15) is 61.3 Å². The minimum atomic E-state index is -0.0733. The van der Waals surface area contributed by atoms with Crippen LogP contribution in [-0.2, 0) is 11.3 Å². The summed E-state index contributed by atoms with van der Waals surface area (Å²) in [6, 6.07) is 4.00. The zero-order valence-electron chi connectivity index (χ0n) is 17.3. The van der Waals surface area contributed by atoms with Crippen LogP contribution in [0, 0.1) is 0 Å². The molecule has 0 saturated carbocycles. The van der Waals surface area contributed by atoms with E-state index in [-0.39, 0.29) is 11.9 Å². The number of rotatable bonds is 5. The SMILES string of the molecule is C/C=C\C(=C/C)n1nc(C(C)=O)c2c1-c1cc(C3CCCO3)c(OC)cc1OC2. The third-order valence-electron chi connectivity index (χ3n) is 5.43. The molecular formula is C23H26N2O4. The second kappa shape index (κ2) is 7.87. The summed E-state index contributed by atoms with van der Waals surface area (Å²) in [6.45, 7) is 6.51. The first-order chi connectivity index (χ1) is 14.1. The molecule has 3 heterocycles. The molecule has 0 amide bonds. The number of ether oxygens (including phenoxy) is 3. The third kappa shape index (κ3) is 3.27. The molecular weight excluding hydrogens is 368 g/mol. The largest absolute Gasteiger partial charge is 0.496 e. The molecule has 4 rings (SSSR count). The Kier molecular flexibility index (Phi) is 5.28. The average Bonchev–Trinajstić information content (AvgIpc) is 3.39. The standard InChI is InChI=1S/C23H26N2O4/c1-5-8-15(6-2)25-23-17-11-16(19-9-7-10-28-19)20(27-4)12-21(17)29-13-18(23)22(24-25)14(3)26/h5-6,8,11-12,19H,7,9-10,13H2,1-4H3/b8-5-,15-6+. The van der Waals surface area contributed by atoms with Crippen LogP contribution in [0.5, 0.6) is 11.5 Å². The molecule has 0 spiro atoms. The molecule has 152 valence electrons. The molecule has 1 unspecified atom stereocenters. The monoisotopic (exact) mass is 394 g/mol. The molecule has 29 heavy (non-hydrogen) atoms. The maximum atomic E-state index is 12.3. The molecule has 0 bridgehead atoms. The van der Waals surface area contributed by atoms with Gasteiger partial charge < -0.3 is 14.2 Å². The van der Waals surface area contributed by atoms with Crippen molar-refractivity contribution in [1.29, 1.82) is 0 Å². The predicted molar refractivity (Wildman–Crippen MR) is 111 cm³/mol. The van der Waals surface area contributed by atoms with Crippen LogP contribution in [0.4, 0.5) is 0 Å². The highest BCUT2D eigenvalue weighted by Crippen LogP contribution is 2.46. The molecule has 2 aliphatic rings. The van der Waals surface area contributed by atoms with Crippen LogP contribution in [0.3, 0.4) is 0 Å². The third-order valence-corrected chi connectivity index (χ3v) is 5.43. The zero-order valence-corrected chi connectivity index (χ0v) is 17.3. The summed E-state index contributed by atoms with van der Waals surface area (Å²) in [5.41, 5.74) is 4.97. The lowest BCUT2D eigenvalue weighted by Gasteiger charge is -2.23. The molecule has 6 heteroatoms. The number of allylic oxidation sites excluding steroid dienone is 4. The smallest absolute Gasteiger partial charge is 0.180 e. The van der Waals surface area contributed by atoms with Crippen molar-refractivity contribution >= 4 is 11.5 Å². The minimum absolute atomic E-state index is 0.000927. The van der Waals surface area contributed by atoms with Crippen molar-refractivity contribution < 1.29 is 19.0 Å². The Morgan fingerprint density at radius 3 is 2.79 bits per heavy atom. The van der Waals surface area contributed by atoms with Gasteiger partial charge in [0.15, 0.2) is 5.78 Å². The lowest BCUT2D eigenvalue weighted by molar-refractivity contribution is 0.101. The lowest BCUT2D eigenvalue weighted by atomic mass is 9.96. The van der Waals surface area contributed by atoms with Gasteiger partial charge in [-0.15, -0.1) is 0 Å². The number of ketones is 1. The summed E-state index contributed by atoms with van der Waals surface area (Å²) in [4.78, 5) is 12.3. The van der Waals surface area contributed by atoms with Gasteiger partial charge in [-0.05, 0) is 38.8 Å². The number of hydrogen-bond donors (Lipinski definition) is 0. The Morgan fingerprint density at radius 2 is 2.17 bits per heavy atom. The van der Waals surface area contributed by atoms with Crippen LogP contribution < -0.4 is 9.47 Å². The Balaban J connectivity index is 1.97. The topological polar surface area (TPSA) is 62.6 Å². The number of carbonyl (C=O) groups excluding carboxylic acids is 1. The Bertz CT molecular complexity index is 1010. The van der Waals surface area contributed by atoms with Gasteiger partial charge in [-0.25, -0.2) is 4.68 Å². The quantitative estimate of drug-likeness (QED) is 0.531. The van der Waals surface area contributed by atoms with Gasteiger partial charge in [-0.1, -0.05) is 12.2 Å². The Labute approximate surface area is 170 Å². The van der Waals surface area contributed by atoms with E-state index in [0.29, 0.717) is 12.3 Å². The second-order valence-corrected chi connectivity index (χ2v) is 7.24. The first kappa shape index (κ1) is 19.5. The van der Waals surface area contributed by atoms with Crippen LogP contribution in [0.15, 0.2) is 30.4 Å². The van der Waals surface area contributed by atoms with Crippen molar-refractivity contribution in [3.63, 3.8) is 0 Å². The average molecular weight is 394 g/mol. The number of hydrogen-bond acceptors (Lipinski definition) is 5. The van der Waals surface area contributed by atoms with Crippen LogP contribution >= 0.6 is 0 Å². The van der Waals surface area contributed by atoms with E-state index in [4.69, 9.17) is 14.2 Å². The molecule has 6 nitrogen and oxygen atoms in total. The predicted octanol–water partition coefficient (Wildman–Crippen LogP) is 4.94. The summed E-state index contributed by atoms with van der Waals surface area (Å²) in [6.07, 6.45) is 7.92. The minimum Gasteiger partial charge on any atom is -0.496 e. The van der Waals surface area contributed by atoms with E-state index in [1.54, 1.807) is 14.0 Å². The number of methoxy groups -OCH3 is 1. The first-order valence-corrected chi connectivity index (χ1v) is 9.98. The van der Waals surface area contributed by atoms with E-state index in [0.717, 1.165) is 59.0 Å². The summed E-state index contributed by atoms with van der Waals surface area (Å²) in [7, 11) is 1.66. The first-order valence-electron chi connectivity index (χ1n) is 9.98. The van der Waals surface area contributed by atoms with Gasteiger partial charge in [0.25, 0.3) is 0 Å². The summed E-state index contributed by atoms with van der Waals surface area (Å²) in [5, 5.41) is 4.65. The second-order valence-electron chi connectivity index (χ2n) is 7.24. The van der Waals surface area contributed by atoms with Crippen molar-refractivity contribution in [1.82, 2.24) is 9.78 Å². The number of fused-ring (bicyclic) bond motifs is 3. The number of nitrogens with zero attached hydrogens (tertiary/aromatic N) is 2. The summed E-state index contributed by atoms with van der Waals surface area (Å²) >= 11 is 0. The number of carbonyl (C=O) groups is 1. The van der Waals surface area contributed by atoms with Crippen molar-refractivity contribution in [3.05, 3.63) is 47.2 Å². The van der Waals surface area contributed by atoms with Crippen molar-refractivity contribution in [3.8, 4) is 22.8 Å². The fraction of sp³-hybridized carbons (Fsp3) is 0.391. The summed E-state index contributed by atoms with van der Waals surface area (Å²) in [5.74, 6) is 1.41. The number of Topliss-reactive ketones (excluding diaryl/α,β-unsaturated/α-hetero) is 1. The molecule has 0 N–H and O–H groups in total. The van der Waals surface area contributed by atoms with Crippen LogP contribution in [-0.4, -0.2) is 29.3 Å². The van der Waals surface area contributed by atoms with Crippen LogP contribution in [0.25, 0.3) is 17.0 Å². The molecule has 1 atom stereocenters. The van der Waals surface area contributed by atoms with Gasteiger partial charge >= 0.3 is 0 Å². The highest BCUT2D eigenvalue weighted by molar-refractivity contribution is 5.96. The maximum Gasteiger partial charge on any atom is 0.180 e. The molecule has 2 aliphatic heterocycles. The van der Waals surface area contributed by atoms with E-state index < -0.39 is 0 Å². The molecule has 1 aromatic carbocycles. The normalized spacial score (nSPS) is 18.5. The lowest BCUT2D eigenvalue weighted by Crippen LogP contribution is -2.11. The molecule has 0 aliphatic carbocycles. The van der Waals surface area contributed by atoms with E-state index in [1.165, 1.54) is 0 Å². The Hall–Kier alpha value is -2.86. The van der Waals surface area contributed by atoms with Crippen LogP contribution in [0.2, 0.25) is 0 Å². The Morgan fingerprint density at radius 1 is 1.34 bits per heavy atom. The summed E-state index contributed by atoms with van der Waals surface area (Å²) < 4.78 is 19.4. The van der Waals surface area contributed by atoms with Gasteiger partial charge in [-0.3, -0.25) is 4.79 Å². The van der Waals surface area contributed by atoms with Crippen molar-refractivity contribution in [2.75, 3.05) is 13.7 Å². The zero-order chi connectivity index (χ0) is 20.5.